The minimum Gasteiger partial charge on any atom is -0.484 e. The Balaban J connectivity index is 1.35. The van der Waals surface area contributed by atoms with Crippen molar-refractivity contribution in [3.8, 4) is 5.75 Å². The normalized spacial score (nSPS) is 17.3. The standard InChI is InChI=1S/C23H20Cl2FNO4/c24-15-11-17-20(29)13-23(31-22(17)18(25)12-15)7-9-27(10-8-23)21(30)6-5-19(28)14-1-3-16(26)4-2-14/h1-4,11-12H,5-10,13H2. The van der Waals surface area contributed by atoms with Crippen LogP contribution in [0.4, 0.5) is 4.39 Å². The third-order valence-corrected chi connectivity index (χ3v) is 6.37. The fourth-order valence-electron chi connectivity index (χ4n) is 4.11. The van der Waals surface area contributed by atoms with Gasteiger partial charge in [0, 0.05) is 49.4 Å². The predicted molar refractivity (Wildman–Crippen MR) is 115 cm³/mol. The smallest absolute Gasteiger partial charge is 0.223 e. The topological polar surface area (TPSA) is 63.7 Å². The molecule has 31 heavy (non-hydrogen) atoms. The van der Waals surface area contributed by atoms with Gasteiger partial charge in [-0.15, -0.1) is 0 Å². The molecule has 1 saturated heterocycles. The van der Waals surface area contributed by atoms with Crippen LogP contribution in [0, 0.1) is 5.82 Å². The molecule has 0 aromatic heterocycles. The average molecular weight is 464 g/mol. The summed E-state index contributed by atoms with van der Waals surface area (Å²) in [5.74, 6) is -0.460. The Hall–Kier alpha value is -2.44. The van der Waals surface area contributed by atoms with E-state index in [4.69, 9.17) is 27.9 Å². The Kier molecular flexibility index (Phi) is 6.04. The second-order valence-electron chi connectivity index (χ2n) is 7.96. The van der Waals surface area contributed by atoms with Gasteiger partial charge in [-0.25, -0.2) is 4.39 Å². The Labute approximate surface area is 189 Å². The number of carbonyl (C=O) groups is 3. The number of halogens is 3. The van der Waals surface area contributed by atoms with Crippen LogP contribution < -0.4 is 4.74 Å². The molecule has 1 fully saturated rings. The molecule has 0 saturated carbocycles. The molecule has 4 rings (SSSR count). The van der Waals surface area contributed by atoms with E-state index >= 15 is 0 Å². The number of Topliss-reactive ketones (excluding diaryl/α,β-unsaturated/α-hetero) is 2. The van der Waals surface area contributed by atoms with E-state index in [0.717, 1.165) is 0 Å². The molecule has 2 aromatic carbocycles. The fraction of sp³-hybridized carbons (Fsp3) is 0.348. The number of ketones is 2. The summed E-state index contributed by atoms with van der Waals surface area (Å²) in [6.45, 7) is 0.856. The van der Waals surface area contributed by atoms with Gasteiger partial charge in [0.1, 0.15) is 17.2 Å². The first kappa shape index (κ1) is 21.8. The molecule has 8 heteroatoms. The van der Waals surface area contributed by atoms with E-state index in [-0.39, 0.29) is 36.7 Å². The van der Waals surface area contributed by atoms with Crippen LogP contribution in [0.25, 0.3) is 0 Å². The lowest BCUT2D eigenvalue weighted by molar-refractivity contribution is -0.134. The molecule has 2 aliphatic heterocycles. The summed E-state index contributed by atoms with van der Waals surface area (Å²) in [5.41, 5.74) is 0.0833. The molecule has 2 heterocycles. The maximum atomic E-state index is 13.0. The number of likely N-dealkylation sites (tertiary alicyclic amines) is 1. The van der Waals surface area contributed by atoms with Crippen LogP contribution >= 0.6 is 23.2 Å². The molecule has 0 bridgehead atoms. The Morgan fingerprint density at radius 1 is 1.06 bits per heavy atom. The summed E-state index contributed by atoms with van der Waals surface area (Å²) in [6, 6.07) is 8.40. The molecule has 2 aromatic rings. The molecular weight excluding hydrogens is 444 g/mol. The highest BCUT2D eigenvalue weighted by Crippen LogP contribution is 2.44. The lowest BCUT2D eigenvalue weighted by Crippen LogP contribution is -2.52. The molecule has 0 unspecified atom stereocenters. The van der Waals surface area contributed by atoms with Crippen molar-refractivity contribution in [1.82, 2.24) is 4.90 Å². The van der Waals surface area contributed by atoms with Crippen LogP contribution in [0.1, 0.15) is 52.8 Å². The average Bonchev–Trinajstić information content (AvgIpc) is 2.74. The van der Waals surface area contributed by atoms with E-state index in [9.17, 15) is 18.8 Å². The number of benzene rings is 2. The van der Waals surface area contributed by atoms with Gasteiger partial charge in [-0.1, -0.05) is 23.2 Å². The van der Waals surface area contributed by atoms with E-state index in [1.54, 1.807) is 17.0 Å². The van der Waals surface area contributed by atoms with Gasteiger partial charge in [0.25, 0.3) is 0 Å². The number of nitrogens with zero attached hydrogens (tertiary/aromatic N) is 1. The Morgan fingerprint density at radius 3 is 2.42 bits per heavy atom. The second-order valence-corrected chi connectivity index (χ2v) is 8.80. The van der Waals surface area contributed by atoms with Crippen molar-refractivity contribution in [1.29, 1.82) is 0 Å². The van der Waals surface area contributed by atoms with E-state index in [0.29, 0.717) is 52.9 Å². The van der Waals surface area contributed by atoms with Gasteiger partial charge < -0.3 is 9.64 Å². The lowest BCUT2D eigenvalue weighted by atomic mass is 9.82. The third-order valence-electron chi connectivity index (χ3n) is 5.87. The number of carbonyl (C=O) groups excluding carboxylic acids is 3. The summed E-state index contributed by atoms with van der Waals surface area (Å²) in [7, 11) is 0. The number of piperidine rings is 1. The number of amides is 1. The van der Waals surface area contributed by atoms with E-state index < -0.39 is 11.4 Å². The van der Waals surface area contributed by atoms with Gasteiger partial charge in [-0.2, -0.15) is 0 Å². The largest absolute Gasteiger partial charge is 0.484 e. The highest BCUT2D eigenvalue weighted by Gasteiger charge is 2.44. The Morgan fingerprint density at radius 2 is 1.74 bits per heavy atom. The Bertz CT molecular complexity index is 1050. The summed E-state index contributed by atoms with van der Waals surface area (Å²) in [6.07, 6.45) is 1.34. The molecular formula is C23H20Cl2FNO4. The lowest BCUT2D eigenvalue weighted by Gasteiger charge is -2.44. The van der Waals surface area contributed by atoms with Crippen molar-refractivity contribution in [2.75, 3.05) is 13.1 Å². The molecule has 0 aliphatic carbocycles. The van der Waals surface area contributed by atoms with E-state index in [2.05, 4.69) is 0 Å². The van der Waals surface area contributed by atoms with Crippen molar-refractivity contribution in [3.05, 3.63) is 63.4 Å². The molecule has 5 nitrogen and oxygen atoms in total. The molecule has 0 radical (unpaired) electrons. The van der Waals surface area contributed by atoms with Crippen molar-refractivity contribution in [3.63, 3.8) is 0 Å². The van der Waals surface area contributed by atoms with Gasteiger partial charge >= 0.3 is 0 Å². The monoisotopic (exact) mass is 463 g/mol. The molecule has 0 atom stereocenters. The van der Waals surface area contributed by atoms with Gasteiger partial charge in [-0.3, -0.25) is 14.4 Å². The zero-order chi connectivity index (χ0) is 22.2. The van der Waals surface area contributed by atoms with Crippen molar-refractivity contribution in [2.24, 2.45) is 0 Å². The number of hydrogen-bond donors (Lipinski definition) is 0. The van der Waals surface area contributed by atoms with Gasteiger partial charge in [0.05, 0.1) is 17.0 Å². The molecule has 1 amide bonds. The fourth-order valence-corrected chi connectivity index (χ4v) is 4.64. The van der Waals surface area contributed by atoms with Crippen LogP contribution in [-0.4, -0.2) is 41.1 Å². The summed E-state index contributed by atoms with van der Waals surface area (Å²) >= 11 is 12.2. The molecule has 2 aliphatic rings. The zero-order valence-electron chi connectivity index (χ0n) is 16.6. The predicted octanol–water partition coefficient (Wildman–Crippen LogP) is 5.12. The quantitative estimate of drug-likeness (QED) is 0.590. The maximum Gasteiger partial charge on any atom is 0.223 e. The van der Waals surface area contributed by atoms with Crippen LogP contribution in [0.2, 0.25) is 10.0 Å². The van der Waals surface area contributed by atoms with Gasteiger partial charge in [-0.05, 0) is 36.4 Å². The van der Waals surface area contributed by atoms with Crippen LogP contribution in [0.5, 0.6) is 5.75 Å². The minimum absolute atomic E-state index is 0.0604. The molecule has 162 valence electrons. The first-order valence-electron chi connectivity index (χ1n) is 10.0. The highest BCUT2D eigenvalue weighted by atomic mass is 35.5. The number of hydrogen-bond acceptors (Lipinski definition) is 4. The summed E-state index contributed by atoms with van der Waals surface area (Å²) < 4.78 is 19.2. The van der Waals surface area contributed by atoms with Crippen LogP contribution in [0.3, 0.4) is 0 Å². The SMILES string of the molecule is O=C(CCC(=O)N1CCC2(CC1)CC(=O)c1cc(Cl)cc(Cl)c1O2)c1ccc(F)cc1. The minimum atomic E-state index is -0.692. The number of rotatable bonds is 4. The van der Waals surface area contributed by atoms with Gasteiger partial charge in [0.2, 0.25) is 5.91 Å². The van der Waals surface area contributed by atoms with Crippen molar-refractivity contribution in [2.45, 2.75) is 37.7 Å². The zero-order valence-corrected chi connectivity index (χ0v) is 18.1. The second kappa shape index (κ2) is 8.60. The van der Waals surface area contributed by atoms with Crippen LogP contribution in [-0.2, 0) is 4.79 Å². The van der Waals surface area contributed by atoms with Gasteiger partial charge in [0.15, 0.2) is 11.6 Å². The summed E-state index contributed by atoms with van der Waals surface area (Å²) in [4.78, 5) is 39.2. The number of fused-ring (bicyclic) bond motifs is 1. The number of ether oxygens (including phenoxy) is 1. The first-order valence-corrected chi connectivity index (χ1v) is 10.8. The van der Waals surface area contributed by atoms with Crippen molar-refractivity contribution < 1.29 is 23.5 Å². The van der Waals surface area contributed by atoms with Crippen molar-refractivity contribution >= 4 is 40.7 Å². The molecule has 0 N–H and O–H groups in total. The first-order chi connectivity index (χ1) is 14.8. The maximum absolute atomic E-state index is 13.0. The molecule has 1 spiro atoms. The van der Waals surface area contributed by atoms with E-state index in [1.165, 1.54) is 24.3 Å². The third kappa shape index (κ3) is 4.60. The van der Waals surface area contributed by atoms with Crippen LogP contribution in [0.15, 0.2) is 36.4 Å². The van der Waals surface area contributed by atoms with E-state index in [1.807, 2.05) is 0 Å². The summed E-state index contributed by atoms with van der Waals surface area (Å²) in [5, 5.41) is 0.681. The highest BCUT2D eigenvalue weighted by molar-refractivity contribution is 6.36.